The number of nitro groups is 1. The number of anilines is 2. The van der Waals surface area contributed by atoms with Gasteiger partial charge in [0, 0.05) is 107 Å². The fraction of sp³-hybridized carbons (Fsp3) is 0.446. The number of sulfonamides is 1. The highest BCUT2D eigenvalue weighted by atomic mass is 32.2. The van der Waals surface area contributed by atoms with Crippen LogP contribution in [0.3, 0.4) is 0 Å². The molecule has 1 aliphatic carbocycles. The van der Waals surface area contributed by atoms with Crippen LogP contribution in [0.4, 0.5) is 26.0 Å². The van der Waals surface area contributed by atoms with E-state index in [1.54, 1.807) is 26.2 Å². The Morgan fingerprint density at radius 3 is 2.45 bits per heavy atom. The second kappa shape index (κ2) is 22.2. The largest absolute Gasteiger partial charge is 0.497 e. The standard InChI is InChI=1S/C56H65F2N9O9S/c1-5-75-54-50(28-45-46(57)32-60-51(45)62-54)76-49-26-38(12-15-44(49)53(68)63-77(71,72)41-27-47(67(69)70)52(59-31-41)61-35-56(58)18-24-74-25-19-56)65-20-16-55(17-21-65)29-39(30-55)66-23-22-64(33-37-10-13-40(73-4)14-11-37)34-48(66)43-9-7-6-8-42(43)36(2)3/h6-15,26-28,31-32,36,39,48H,5,16-25,29-30,33-35H2,1-4H3,(H,59,61)(H,60,62)(H,63,68)/t48-/m0/s1. The average Bonchev–Trinajstić information content (AvgIpc) is 3.78. The third-order valence-electron chi connectivity index (χ3n) is 15.8. The van der Waals surface area contributed by atoms with Crippen LogP contribution in [0.15, 0.2) is 96.2 Å². The number of H-pyrrole nitrogens is 1. The van der Waals surface area contributed by atoms with E-state index in [0.717, 1.165) is 76.1 Å². The molecule has 3 aromatic carbocycles. The molecule has 3 aromatic heterocycles. The fourth-order valence-electron chi connectivity index (χ4n) is 11.5. The zero-order chi connectivity index (χ0) is 54.1. The third kappa shape index (κ3) is 11.5. The summed E-state index contributed by atoms with van der Waals surface area (Å²) < 4.78 is 82.9. The van der Waals surface area contributed by atoms with Gasteiger partial charge in [0.1, 0.15) is 33.5 Å². The lowest BCUT2D eigenvalue weighted by atomic mass is 9.59. The number of carbonyl (C=O) groups is 1. The number of methoxy groups -OCH3 is 1. The molecule has 6 heterocycles. The molecule has 0 unspecified atom stereocenters. The van der Waals surface area contributed by atoms with Gasteiger partial charge >= 0.3 is 5.69 Å². The first-order chi connectivity index (χ1) is 37.0. The lowest BCUT2D eigenvalue weighted by Gasteiger charge is -2.58. The van der Waals surface area contributed by atoms with Gasteiger partial charge in [-0.05, 0) is 84.9 Å². The number of alkyl halides is 1. The van der Waals surface area contributed by atoms with Crippen LogP contribution in [0, 0.1) is 21.3 Å². The van der Waals surface area contributed by atoms with Crippen LogP contribution in [0.5, 0.6) is 23.1 Å². The number of piperidine rings is 1. The Morgan fingerprint density at radius 2 is 1.74 bits per heavy atom. The average molecular weight is 1080 g/mol. The number of amides is 1. The lowest BCUT2D eigenvalue weighted by Crippen LogP contribution is -2.60. The number of pyridine rings is 2. The number of hydrogen-bond acceptors (Lipinski definition) is 15. The van der Waals surface area contributed by atoms with Crippen LogP contribution in [0.2, 0.25) is 0 Å². The van der Waals surface area contributed by atoms with E-state index in [9.17, 15) is 27.7 Å². The van der Waals surface area contributed by atoms with Crippen molar-refractivity contribution in [3.05, 3.63) is 129 Å². The minimum Gasteiger partial charge on any atom is -0.497 e. The number of fused-ring (bicyclic) bond motifs is 1. The topological polar surface area (TPSA) is 207 Å². The minimum atomic E-state index is -4.81. The van der Waals surface area contributed by atoms with E-state index < -0.39 is 42.9 Å². The van der Waals surface area contributed by atoms with E-state index in [2.05, 4.69) is 85.2 Å². The monoisotopic (exact) mass is 1080 g/mol. The summed E-state index contributed by atoms with van der Waals surface area (Å²) in [5.41, 5.74) is 2.46. The molecule has 4 aliphatic rings. The van der Waals surface area contributed by atoms with Crippen LogP contribution < -0.4 is 29.1 Å². The van der Waals surface area contributed by atoms with Gasteiger partial charge in [0.15, 0.2) is 5.75 Å². The molecular formula is C56H65F2N9O9S. The first-order valence-corrected chi connectivity index (χ1v) is 27.8. The molecule has 21 heteroatoms. The Kier molecular flexibility index (Phi) is 15.4. The van der Waals surface area contributed by atoms with E-state index >= 15 is 4.39 Å². The smallest absolute Gasteiger partial charge is 0.312 e. The molecule has 6 aromatic rings. The van der Waals surface area contributed by atoms with E-state index in [1.165, 1.54) is 28.8 Å². The van der Waals surface area contributed by atoms with Gasteiger partial charge in [-0.1, -0.05) is 50.2 Å². The van der Waals surface area contributed by atoms with Crippen LogP contribution in [-0.4, -0.2) is 122 Å². The molecule has 408 valence electrons. The van der Waals surface area contributed by atoms with Crippen LogP contribution in [0.1, 0.15) is 98.3 Å². The van der Waals surface area contributed by atoms with Crippen LogP contribution in [-0.2, 0) is 21.3 Å². The molecule has 0 radical (unpaired) electrons. The predicted octanol–water partition coefficient (Wildman–Crippen LogP) is 9.69. The number of carbonyl (C=O) groups excluding carboxylic acids is 1. The quantitative estimate of drug-likeness (QED) is 0.0541. The first-order valence-electron chi connectivity index (χ1n) is 26.3. The summed E-state index contributed by atoms with van der Waals surface area (Å²) in [5, 5.41) is 14.9. The van der Waals surface area contributed by atoms with Gasteiger partial charge in [-0.2, -0.15) is 4.98 Å². The van der Waals surface area contributed by atoms with Crippen molar-refractivity contribution in [2.75, 3.05) is 76.4 Å². The van der Waals surface area contributed by atoms with Crippen molar-refractivity contribution in [1.29, 1.82) is 0 Å². The fourth-order valence-corrected chi connectivity index (χ4v) is 12.4. The summed E-state index contributed by atoms with van der Waals surface area (Å²) in [6, 6.07) is 24.9. The molecule has 77 heavy (non-hydrogen) atoms. The predicted molar refractivity (Wildman–Crippen MR) is 287 cm³/mol. The maximum Gasteiger partial charge on any atom is 0.312 e. The third-order valence-corrected chi connectivity index (χ3v) is 17.1. The number of nitrogens with one attached hydrogen (secondary N) is 3. The van der Waals surface area contributed by atoms with Crippen molar-refractivity contribution in [2.24, 2.45) is 5.41 Å². The lowest BCUT2D eigenvalue weighted by molar-refractivity contribution is -0.384. The Labute approximate surface area is 446 Å². The van der Waals surface area contributed by atoms with Crippen molar-refractivity contribution < 1.29 is 45.9 Å². The molecule has 4 fully saturated rings. The minimum absolute atomic E-state index is 0.00172. The second-order valence-electron chi connectivity index (χ2n) is 21.1. The van der Waals surface area contributed by atoms with E-state index in [4.69, 9.17) is 18.9 Å². The molecule has 3 N–H and O–H groups in total. The summed E-state index contributed by atoms with van der Waals surface area (Å²) in [4.78, 5) is 43.6. The highest BCUT2D eigenvalue weighted by molar-refractivity contribution is 7.90. The summed E-state index contributed by atoms with van der Waals surface area (Å²) in [5.74, 6) is -0.925. The number of hydrogen-bond donors (Lipinski definition) is 3. The van der Waals surface area contributed by atoms with Gasteiger partial charge in [-0.3, -0.25) is 24.7 Å². The van der Waals surface area contributed by atoms with Gasteiger partial charge in [0.2, 0.25) is 5.82 Å². The van der Waals surface area contributed by atoms with Crippen molar-refractivity contribution in [3.63, 3.8) is 0 Å². The molecule has 0 bridgehead atoms. The van der Waals surface area contributed by atoms with Gasteiger partial charge in [-0.25, -0.2) is 26.9 Å². The van der Waals surface area contributed by atoms with E-state index in [0.29, 0.717) is 30.7 Å². The van der Waals surface area contributed by atoms with Crippen molar-refractivity contribution in [2.45, 2.75) is 94.4 Å². The normalized spacial score (nSPS) is 19.0. The Balaban J connectivity index is 0.869. The SMILES string of the molecule is CCOc1nc2[nH]cc(F)c2cc1Oc1cc(N2CCC3(CC2)CC(N2CCN(Cc4ccc(OC)cc4)C[C@H]2c2ccccc2C(C)C)C3)ccc1C(=O)NS(=O)(=O)c1cnc(NCC2(F)CCOCC2)c([N+](=O)[O-])c1. The summed E-state index contributed by atoms with van der Waals surface area (Å²) in [6.45, 7) is 11.7. The van der Waals surface area contributed by atoms with Gasteiger partial charge in [0.25, 0.3) is 21.8 Å². The number of piperazine rings is 1. The van der Waals surface area contributed by atoms with Crippen molar-refractivity contribution in [1.82, 2.24) is 29.5 Å². The molecule has 3 aliphatic heterocycles. The number of aromatic nitrogens is 3. The number of nitrogens with zero attached hydrogens (tertiary/aromatic N) is 6. The van der Waals surface area contributed by atoms with Crippen LogP contribution in [0.25, 0.3) is 11.0 Å². The molecular weight excluding hydrogens is 1010 g/mol. The van der Waals surface area contributed by atoms with Gasteiger partial charge in [0.05, 0.1) is 42.3 Å². The number of halogens is 2. The number of rotatable bonds is 18. The number of benzene rings is 3. The summed E-state index contributed by atoms with van der Waals surface area (Å²) >= 11 is 0. The Bertz CT molecular complexity index is 3230. The van der Waals surface area contributed by atoms with Crippen molar-refractivity contribution in [3.8, 4) is 23.1 Å². The van der Waals surface area contributed by atoms with Gasteiger partial charge < -0.3 is 34.1 Å². The maximum atomic E-state index is 15.3. The maximum absolute atomic E-state index is 15.3. The molecule has 1 atom stereocenters. The van der Waals surface area contributed by atoms with E-state index in [-0.39, 0.29) is 90.5 Å². The molecule has 1 amide bonds. The molecule has 1 saturated carbocycles. The van der Waals surface area contributed by atoms with Crippen molar-refractivity contribution >= 4 is 44.2 Å². The first kappa shape index (κ1) is 53.5. The number of ether oxygens (including phenoxy) is 4. The molecule has 1 spiro atoms. The Hall–Kier alpha value is -6.94. The zero-order valence-electron chi connectivity index (χ0n) is 43.7. The van der Waals surface area contributed by atoms with E-state index in [1.807, 2.05) is 16.9 Å². The molecule has 10 rings (SSSR count). The summed E-state index contributed by atoms with van der Waals surface area (Å²) in [6.07, 6.45) is 6.18. The highest BCUT2D eigenvalue weighted by Crippen LogP contribution is 2.53. The van der Waals surface area contributed by atoms with Crippen LogP contribution >= 0.6 is 0 Å². The highest BCUT2D eigenvalue weighted by Gasteiger charge is 2.50. The number of aromatic amines is 1. The molecule has 3 saturated heterocycles. The van der Waals surface area contributed by atoms with Gasteiger partial charge in [-0.15, -0.1) is 0 Å². The Morgan fingerprint density at radius 1 is 0.987 bits per heavy atom. The molecule has 18 nitrogen and oxygen atoms in total. The second-order valence-corrected chi connectivity index (χ2v) is 22.7. The summed E-state index contributed by atoms with van der Waals surface area (Å²) in [7, 11) is -3.12. The zero-order valence-corrected chi connectivity index (χ0v) is 44.5.